The Morgan fingerprint density at radius 2 is 1.91 bits per heavy atom. The molecule has 5 rings (SSSR count). The fraction of sp³-hybridized carbons (Fsp3) is 0.250. The summed E-state index contributed by atoms with van der Waals surface area (Å²) in [6.07, 6.45) is 1.85. The number of carbonyl (C=O) groups is 2. The Hall–Kier alpha value is -3.66. The van der Waals surface area contributed by atoms with Gasteiger partial charge in [-0.1, -0.05) is 23.4 Å². The molecule has 8 nitrogen and oxygen atoms in total. The second kappa shape index (κ2) is 8.94. The van der Waals surface area contributed by atoms with Crippen molar-refractivity contribution in [3.63, 3.8) is 0 Å². The van der Waals surface area contributed by atoms with Crippen molar-refractivity contribution in [1.29, 1.82) is 0 Å². The number of ether oxygens (including phenoxy) is 1. The second-order valence-electron chi connectivity index (χ2n) is 8.11. The first-order valence-electron chi connectivity index (χ1n) is 10.7. The minimum absolute atomic E-state index is 0.0231. The average molecular weight is 481 g/mol. The van der Waals surface area contributed by atoms with Crippen molar-refractivity contribution in [2.45, 2.75) is 37.8 Å². The van der Waals surface area contributed by atoms with Gasteiger partial charge in [0, 0.05) is 5.56 Å². The first kappa shape index (κ1) is 22.1. The van der Waals surface area contributed by atoms with Crippen LogP contribution in [-0.4, -0.2) is 44.4 Å². The maximum absolute atomic E-state index is 14.5. The largest absolute Gasteiger partial charge is 0.491 e. The van der Waals surface area contributed by atoms with Gasteiger partial charge >= 0.3 is 6.03 Å². The average Bonchev–Trinajstić information content (AvgIpc) is 3.48. The highest BCUT2D eigenvalue weighted by atomic mass is 32.2. The Balaban J connectivity index is 1.40. The van der Waals surface area contributed by atoms with Gasteiger partial charge in [0.25, 0.3) is 5.91 Å². The van der Waals surface area contributed by atoms with Gasteiger partial charge in [0.2, 0.25) is 11.7 Å². The summed E-state index contributed by atoms with van der Waals surface area (Å²) in [6.45, 7) is 3.88. The molecule has 1 aromatic heterocycles. The monoisotopic (exact) mass is 480 g/mol. The fourth-order valence-corrected chi connectivity index (χ4v) is 4.95. The van der Waals surface area contributed by atoms with Crippen LogP contribution in [0, 0.1) is 5.82 Å². The van der Waals surface area contributed by atoms with Gasteiger partial charge < -0.3 is 14.2 Å². The number of hydrogen-bond acceptors (Lipinski definition) is 7. The molecule has 0 bridgehead atoms. The molecule has 2 aliphatic rings. The van der Waals surface area contributed by atoms with Crippen molar-refractivity contribution >= 4 is 29.4 Å². The first-order chi connectivity index (χ1) is 16.4. The number of thioether (sulfide) groups is 1. The summed E-state index contributed by atoms with van der Waals surface area (Å²) in [5.41, 5.74) is 0.650. The minimum atomic E-state index is -0.650. The predicted octanol–water partition coefficient (Wildman–Crippen LogP) is 4.63. The van der Waals surface area contributed by atoms with Gasteiger partial charge in [-0.05, 0) is 55.7 Å². The molecule has 2 unspecified atom stereocenters. The Morgan fingerprint density at radius 3 is 2.65 bits per heavy atom. The van der Waals surface area contributed by atoms with Crippen molar-refractivity contribution in [1.82, 2.24) is 15.0 Å². The number of anilines is 1. The molecule has 3 amide bonds. The molecule has 0 aliphatic carbocycles. The van der Waals surface area contributed by atoms with E-state index in [0.717, 1.165) is 16.2 Å². The molecule has 10 heteroatoms. The smallest absolute Gasteiger partial charge is 0.332 e. The topological polar surface area (TPSA) is 88.8 Å². The molecule has 1 fully saturated rings. The van der Waals surface area contributed by atoms with Crippen molar-refractivity contribution in [3.05, 3.63) is 71.7 Å². The van der Waals surface area contributed by atoms with Gasteiger partial charge in [-0.3, -0.25) is 4.79 Å². The molecule has 0 saturated carbocycles. The number of para-hydroxylation sites is 1. The van der Waals surface area contributed by atoms with Gasteiger partial charge in [0.15, 0.2) is 0 Å². The quantitative estimate of drug-likeness (QED) is 0.508. The number of imide groups is 1. The number of aromatic nitrogens is 2. The molecule has 3 aromatic rings. The van der Waals surface area contributed by atoms with Crippen LogP contribution in [0.2, 0.25) is 0 Å². The zero-order valence-electron chi connectivity index (χ0n) is 18.4. The van der Waals surface area contributed by atoms with Gasteiger partial charge in [-0.15, -0.1) is 11.8 Å². The maximum Gasteiger partial charge on any atom is 0.332 e. The Morgan fingerprint density at radius 1 is 1.15 bits per heavy atom. The highest BCUT2D eigenvalue weighted by molar-refractivity contribution is 8.03. The lowest BCUT2D eigenvalue weighted by Crippen LogP contribution is -2.62. The molecule has 2 atom stereocenters. The lowest BCUT2D eigenvalue weighted by Gasteiger charge is -2.40. The Kier molecular flexibility index (Phi) is 5.82. The maximum atomic E-state index is 14.5. The molecule has 0 spiro atoms. The normalized spacial score (nSPS) is 19.8. The summed E-state index contributed by atoms with van der Waals surface area (Å²) in [6, 6.07) is 11.9. The van der Waals surface area contributed by atoms with Crippen molar-refractivity contribution in [2.24, 2.45) is 0 Å². The second-order valence-corrected chi connectivity index (χ2v) is 9.17. The summed E-state index contributed by atoms with van der Waals surface area (Å²) in [5, 5.41) is 5.23. The predicted molar refractivity (Wildman–Crippen MR) is 125 cm³/mol. The third-order valence-electron chi connectivity index (χ3n) is 5.42. The van der Waals surface area contributed by atoms with Gasteiger partial charge in [-0.25, -0.2) is 14.1 Å². The Labute approximate surface area is 199 Å². The van der Waals surface area contributed by atoms with E-state index in [1.807, 2.05) is 38.1 Å². The number of hydrogen-bond donors (Lipinski definition) is 0. The number of urea groups is 1. The summed E-state index contributed by atoms with van der Waals surface area (Å²) < 4.78 is 25.5. The highest BCUT2D eigenvalue weighted by Gasteiger charge is 2.48. The lowest BCUT2D eigenvalue weighted by atomic mass is 10.1. The minimum Gasteiger partial charge on any atom is -0.491 e. The molecular formula is C24H21FN4O4S. The van der Waals surface area contributed by atoms with Crippen LogP contribution in [0.25, 0.3) is 11.4 Å². The van der Waals surface area contributed by atoms with Crippen LogP contribution in [0.5, 0.6) is 5.75 Å². The number of rotatable bonds is 6. The van der Waals surface area contributed by atoms with Gasteiger partial charge in [-0.2, -0.15) is 4.98 Å². The van der Waals surface area contributed by atoms with Crippen LogP contribution < -0.4 is 9.64 Å². The summed E-state index contributed by atoms with van der Waals surface area (Å²) in [7, 11) is 0. The van der Waals surface area contributed by atoms with Crippen LogP contribution in [0.15, 0.2) is 64.5 Å². The van der Waals surface area contributed by atoms with E-state index in [2.05, 4.69) is 10.1 Å². The SMILES string of the molecule is CC(C)Oc1ccc(-c2noc(CN3C(=O)N(c4ccccc4F)C(=O)C4SC=CC43)n2)cc1. The fourth-order valence-electron chi connectivity index (χ4n) is 3.91. The molecule has 34 heavy (non-hydrogen) atoms. The van der Waals surface area contributed by atoms with E-state index in [4.69, 9.17) is 9.26 Å². The standard InChI is InChI=1S/C24H21FN4O4S/c1-14(2)32-16-9-7-15(8-10-16)22-26-20(33-27-22)13-28-19-11-12-34-21(19)23(30)29(24(28)31)18-6-4-3-5-17(18)25/h3-12,14,19,21H,13H2,1-2H3. The van der Waals surface area contributed by atoms with Crippen LogP contribution in [0.3, 0.4) is 0 Å². The molecular weight excluding hydrogens is 459 g/mol. The highest BCUT2D eigenvalue weighted by Crippen LogP contribution is 2.37. The van der Waals surface area contributed by atoms with E-state index in [9.17, 15) is 14.0 Å². The van der Waals surface area contributed by atoms with E-state index in [1.54, 1.807) is 17.6 Å². The van der Waals surface area contributed by atoms with E-state index in [-0.39, 0.29) is 24.2 Å². The molecule has 1 saturated heterocycles. The third kappa shape index (κ3) is 4.05. The lowest BCUT2D eigenvalue weighted by molar-refractivity contribution is -0.119. The molecule has 2 aliphatic heterocycles. The zero-order valence-corrected chi connectivity index (χ0v) is 19.2. The number of carbonyl (C=O) groups excluding carboxylic acids is 2. The summed E-state index contributed by atoms with van der Waals surface area (Å²) >= 11 is 1.30. The van der Waals surface area contributed by atoms with E-state index in [1.165, 1.54) is 34.9 Å². The number of amides is 3. The van der Waals surface area contributed by atoms with Gasteiger partial charge in [0.05, 0.1) is 17.8 Å². The van der Waals surface area contributed by atoms with Crippen LogP contribution in [-0.2, 0) is 11.3 Å². The molecule has 0 N–H and O–H groups in total. The van der Waals surface area contributed by atoms with Crippen molar-refractivity contribution < 1.29 is 23.2 Å². The number of halogens is 1. The first-order valence-corrected chi connectivity index (χ1v) is 11.7. The summed E-state index contributed by atoms with van der Waals surface area (Å²) in [5.74, 6) is 0.198. The number of fused-ring (bicyclic) bond motifs is 1. The summed E-state index contributed by atoms with van der Waals surface area (Å²) in [4.78, 5) is 33.2. The molecule has 174 valence electrons. The number of benzene rings is 2. The van der Waals surface area contributed by atoms with Crippen molar-refractivity contribution in [2.75, 3.05) is 4.90 Å². The molecule has 0 radical (unpaired) electrons. The van der Waals surface area contributed by atoms with E-state index < -0.39 is 29.0 Å². The van der Waals surface area contributed by atoms with Gasteiger partial charge in [0.1, 0.15) is 23.4 Å². The molecule has 2 aromatic carbocycles. The third-order valence-corrected chi connectivity index (χ3v) is 6.51. The zero-order chi connectivity index (χ0) is 23.8. The van der Waals surface area contributed by atoms with Crippen LogP contribution in [0.4, 0.5) is 14.9 Å². The van der Waals surface area contributed by atoms with E-state index >= 15 is 0 Å². The van der Waals surface area contributed by atoms with Crippen molar-refractivity contribution in [3.8, 4) is 17.1 Å². The van der Waals surface area contributed by atoms with E-state index in [0.29, 0.717) is 5.82 Å². The Bertz CT molecular complexity index is 1260. The number of nitrogens with zero attached hydrogens (tertiary/aromatic N) is 4. The van der Waals surface area contributed by atoms with Crippen LogP contribution in [0.1, 0.15) is 19.7 Å². The molecule has 3 heterocycles. The van der Waals surface area contributed by atoms with Crippen LogP contribution >= 0.6 is 11.8 Å².